The fourth-order valence-electron chi connectivity index (χ4n) is 3.85. The van der Waals surface area contributed by atoms with Crippen LogP contribution in [0.3, 0.4) is 0 Å². The fraction of sp³-hybridized carbons (Fsp3) is 0.391. The zero-order valence-electron chi connectivity index (χ0n) is 17.3. The molecule has 160 valence electrons. The van der Waals surface area contributed by atoms with Crippen molar-refractivity contribution >= 4 is 11.9 Å². The molecular formula is C23H27F2N3O2. The first kappa shape index (κ1) is 21.7. The number of rotatable bonds is 5. The monoisotopic (exact) mass is 415 g/mol. The maximum Gasteiger partial charge on any atom is 0.317 e. The van der Waals surface area contributed by atoms with E-state index in [1.807, 2.05) is 6.92 Å². The average molecular weight is 415 g/mol. The van der Waals surface area contributed by atoms with Crippen molar-refractivity contribution in [1.29, 1.82) is 0 Å². The average Bonchev–Trinajstić information content (AvgIpc) is 2.74. The van der Waals surface area contributed by atoms with Crippen LogP contribution in [-0.2, 0) is 11.3 Å². The zero-order valence-corrected chi connectivity index (χ0v) is 17.3. The van der Waals surface area contributed by atoms with Crippen LogP contribution >= 0.6 is 0 Å². The molecule has 0 aliphatic carbocycles. The van der Waals surface area contributed by atoms with E-state index in [1.165, 1.54) is 12.1 Å². The number of aryl methyl sites for hydroxylation is 1. The van der Waals surface area contributed by atoms with Crippen molar-refractivity contribution < 1.29 is 18.4 Å². The van der Waals surface area contributed by atoms with E-state index in [4.69, 9.17) is 0 Å². The number of urea groups is 1. The van der Waals surface area contributed by atoms with E-state index in [9.17, 15) is 18.4 Å². The van der Waals surface area contributed by atoms with Crippen LogP contribution in [0.25, 0.3) is 0 Å². The Kier molecular flexibility index (Phi) is 7.03. The predicted molar refractivity (Wildman–Crippen MR) is 111 cm³/mol. The molecule has 0 bridgehead atoms. The van der Waals surface area contributed by atoms with Crippen molar-refractivity contribution in [2.45, 2.75) is 32.7 Å². The first-order valence-corrected chi connectivity index (χ1v) is 10.2. The summed E-state index contributed by atoms with van der Waals surface area (Å²) in [7, 11) is 0. The topological polar surface area (TPSA) is 61.4 Å². The summed E-state index contributed by atoms with van der Waals surface area (Å²) in [5, 5.41) is 5.57. The molecule has 0 aromatic heterocycles. The van der Waals surface area contributed by atoms with Crippen molar-refractivity contribution in [2.24, 2.45) is 5.92 Å². The van der Waals surface area contributed by atoms with Gasteiger partial charge < -0.3 is 15.5 Å². The summed E-state index contributed by atoms with van der Waals surface area (Å²) in [6.07, 6.45) is 0.532. The molecule has 2 atom stereocenters. The van der Waals surface area contributed by atoms with Gasteiger partial charge >= 0.3 is 6.03 Å². The van der Waals surface area contributed by atoms with Gasteiger partial charge in [-0.25, -0.2) is 13.6 Å². The van der Waals surface area contributed by atoms with Gasteiger partial charge in [0.25, 0.3) is 0 Å². The van der Waals surface area contributed by atoms with Crippen LogP contribution in [0.2, 0.25) is 0 Å². The minimum absolute atomic E-state index is 0.0868. The maximum atomic E-state index is 13.8. The predicted octanol–water partition coefficient (Wildman–Crippen LogP) is 3.72. The molecule has 2 N–H and O–H groups in total. The van der Waals surface area contributed by atoms with Gasteiger partial charge in [-0.05, 0) is 43.5 Å². The van der Waals surface area contributed by atoms with Gasteiger partial charge in [0.15, 0.2) is 0 Å². The van der Waals surface area contributed by atoms with Gasteiger partial charge in [-0.15, -0.1) is 0 Å². The lowest BCUT2D eigenvalue weighted by molar-refractivity contribution is -0.126. The van der Waals surface area contributed by atoms with Crippen LogP contribution in [0.1, 0.15) is 36.0 Å². The van der Waals surface area contributed by atoms with Gasteiger partial charge in [0, 0.05) is 37.7 Å². The molecule has 0 unspecified atom stereocenters. The van der Waals surface area contributed by atoms with E-state index >= 15 is 0 Å². The molecule has 5 nitrogen and oxygen atoms in total. The second kappa shape index (κ2) is 9.69. The number of amides is 3. The number of hydrogen-bond acceptors (Lipinski definition) is 2. The number of halogens is 2. The number of nitrogens with zero attached hydrogens (tertiary/aromatic N) is 1. The molecule has 1 fully saturated rings. The Hall–Kier alpha value is -2.96. The molecule has 1 aliphatic heterocycles. The Morgan fingerprint density at radius 1 is 1.07 bits per heavy atom. The highest BCUT2D eigenvalue weighted by molar-refractivity contribution is 5.81. The van der Waals surface area contributed by atoms with Crippen molar-refractivity contribution in [3.8, 4) is 0 Å². The summed E-state index contributed by atoms with van der Waals surface area (Å²) >= 11 is 0. The fourth-order valence-corrected chi connectivity index (χ4v) is 3.85. The molecule has 2 aromatic rings. The molecule has 1 saturated heterocycles. The summed E-state index contributed by atoms with van der Waals surface area (Å²) in [4.78, 5) is 26.9. The highest BCUT2D eigenvalue weighted by Gasteiger charge is 2.34. The normalized spacial score (nSPS) is 18.7. The molecular weight excluding hydrogens is 388 g/mol. The van der Waals surface area contributed by atoms with E-state index in [0.29, 0.717) is 30.6 Å². The zero-order chi connectivity index (χ0) is 21.7. The van der Waals surface area contributed by atoms with Gasteiger partial charge in [0.1, 0.15) is 11.6 Å². The Bertz CT molecular complexity index is 919. The lowest BCUT2D eigenvalue weighted by atomic mass is 9.83. The van der Waals surface area contributed by atoms with E-state index < -0.39 is 5.92 Å². The smallest absolute Gasteiger partial charge is 0.317 e. The molecule has 1 aliphatic rings. The first-order chi connectivity index (χ1) is 14.4. The van der Waals surface area contributed by atoms with E-state index in [2.05, 4.69) is 10.6 Å². The Morgan fingerprint density at radius 2 is 1.83 bits per heavy atom. The van der Waals surface area contributed by atoms with Crippen molar-refractivity contribution in [2.75, 3.05) is 19.6 Å². The van der Waals surface area contributed by atoms with Crippen LogP contribution in [0.4, 0.5) is 13.6 Å². The SMILES string of the molecule is CCNC(=O)N1C[C@H](C(=O)NCc2ccccc2F)C[C@@H](c2ccc(F)c(C)c2)C1. The van der Waals surface area contributed by atoms with E-state index in [-0.39, 0.29) is 42.6 Å². The second-order valence-corrected chi connectivity index (χ2v) is 7.69. The van der Waals surface area contributed by atoms with Gasteiger partial charge in [0.2, 0.25) is 5.91 Å². The molecule has 0 saturated carbocycles. The molecule has 3 amide bonds. The van der Waals surface area contributed by atoms with Crippen LogP contribution in [-0.4, -0.2) is 36.5 Å². The number of carbonyl (C=O) groups excluding carboxylic acids is 2. The van der Waals surface area contributed by atoms with Crippen molar-refractivity contribution in [3.63, 3.8) is 0 Å². The summed E-state index contributed by atoms with van der Waals surface area (Å²) in [5.41, 5.74) is 1.84. The quantitative estimate of drug-likeness (QED) is 0.782. The van der Waals surface area contributed by atoms with Gasteiger partial charge in [-0.2, -0.15) is 0 Å². The highest BCUT2D eigenvalue weighted by atomic mass is 19.1. The van der Waals surface area contributed by atoms with Gasteiger partial charge in [-0.1, -0.05) is 30.3 Å². The maximum absolute atomic E-state index is 13.8. The standard InChI is InChI=1S/C23H27F2N3O2/c1-3-26-23(30)28-13-18(16-8-9-20(24)15(2)10-16)11-19(14-28)22(29)27-12-17-6-4-5-7-21(17)25/h4-10,18-19H,3,11-14H2,1-2H3,(H,26,30)(H,27,29)/t18-,19-/m1/s1. The second-order valence-electron chi connectivity index (χ2n) is 7.69. The minimum atomic E-state index is -0.441. The third-order valence-corrected chi connectivity index (χ3v) is 5.50. The Labute approximate surface area is 175 Å². The van der Waals surface area contributed by atoms with Crippen LogP contribution in [0, 0.1) is 24.5 Å². The van der Waals surface area contributed by atoms with Crippen molar-refractivity contribution in [3.05, 3.63) is 70.8 Å². The third kappa shape index (κ3) is 5.14. The summed E-state index contributed by atoms with van der Waals surface area (Å²) in [6, 6.07) is 11.0. The molecule has 0 radical (unpaired) electrons. The third-order valence-electron chi connectivity index (χ3n) is 5.50. The lowest BCUT2D eigenvalue weighted by Gasteiger charge is -2.37. The number of carbonyl (C=O) groups is 2. The van der Waals surface area contributed by atoms with Crippen LogP contribution in [0.15, 0.2) is 42.5 Å². The largest absolute Gasteiger partial charge is 0.352 e. The molecule has 30 heavy (non-hydrogen) atoms. The van der Waals surface area contributed by atoms with Crippen LogP contribution < -0.4 is 10.6 Å². The number of benzene rings is 2. The Morgan fingerprint density at radius 3 is 2.53 bits per heavy atom. The summed E-state index contributed by atoms with van der Waals surface area (Å²) in [6.45, 7) is 4.84. The van der Waals surface area contributed by atoms with Gasteiger partial charge in [0.05, 0.1) is 5.92 Å². The molecule has 0 spiro atoms. The van der Waals surface area contributed by atoms with E-state index in [0.717, 1.165) is 5.56 Å². The summed E-state index contributed by atoms with van der Waals surface area (Å²) in [5.74, 6) is -1.41. The minimum Gasteiger partial charge on any atom is -0.352 e. The number of nitrogens with one attached hydrogen (secondary N) is 2. The lowest BCUT2D eigenvalue weighted by Crippen LogP contribution is -2.51. The number of hydrogen-bond donors (Lipinski definition) is 2. The number of likely N-dealkylation sites (tertiary alicyclic amines) is 1. The first-order valence-electron chi connectivity index (χ1n) is 10.2. The van der Waals surface area contributed by atoms with E-state index in [1.54, 1.807) is 42.2 Å². The Balaban J connectivity index is 1.76. The molecule has 1 heterocycles. The molecule has 3 rings (SSSR count). The molecule has 7 heteroatoms. The van der Waals surface area contributed by atoms with Crippen LogP contribution in [0.5, 0.6) is 0 Å². The molecule has 2 aromatic carbocycles. The summed E-state index contributed by atoms with van der Waals surface area (Å²) < 4.78 is 27.5. The number of piperidine rings is 1. The highest BCUT2D eigenvalue weighted by Crippen LogP contribution is 2.31. The van der Waals surface area contributed by atoms with Gasteiger partial charge in [-0.3, -0.25) is 4.79 Å². The van der Waals surface area contributed by atoms with Crippen molar-refractivity contribution in [1.82, 2.24) is 15.5 Å².